The predicted octanol–water partition coefficient (Wildman–Crippen LogP) is 4.44. The molecule has 7 nitrogen and oxygen atoms in total. The van der Waals surface area contributed by atoms with Crippen LogP contribution in [0.1, 0.15) is 29.9 Å². The van der Waals surface area contributed by atoms with E-state index >= 15 is 0 Å². The number of aromatic nitrogens is 2. The van der Waals surface area contributed by atoms with Crippen LogP contribution in [0.4, 0.5) is 19.0 Å². The summed E-state index contributed by atoms with van der Waals surface area (Å²) in [5.74, 6) is 0.202. The molecule has 2 aromatic carbocycles. The molecule has 0 aliphatic heterocycles. The summed E-state index contributed by atoms with van der Waals surface area (Å²) in [4.78, 5) is 31.6. The normalized spacial score (nSPS) is 12.2. The first-order valence-corrected chi connectivity index (χ1v) is 9.44. The number of ketones is 1. The molecular weight excluding hydrogens is 425 g/mol. The van der Waals surface area contributed by atoms with E-state index in [1.807, 2.05) is 0 Å². The number of hydrogen-bond donors (Lipinski definition) is 2. The van der Waals surface area contributed by atoms with Crippen LogP contribution in [0, 0.1) is 0 Å². The molecule has 0 aliphatic rings. The standard InChI is InChI=1S/C22H19F3N4O3/c1-12(13(2)30)27-19-11-18(20(26)31)28-21(29-19)14-3-7-16(8-4-14)32-17-9-5-15(6-10-17)22(23,24)25/h3-12H,1-2H3,(H2,26,31)(H,27,28,29)/t12-/m0/s1. The lowest BCUT2D eigenvalue weighted by Gasteiger charge is -2.13. The van der Waals surface area contributed by atoms with Crippen molar-refractivity contribution in [1.29, 1.82) is 0 Å². The van der Waals surface area contributed by atoms with Crippen LogP contribution in [-0.2, 0) is 11.0 Å². The smallest absolute Gasteiger partial charge is 0.416 e. The van der Waals surface area contributed by atoms with Crippen LogP contribution in [0.3, 0.4) is 0 Å². The van der Waals surface area contributed by atoms with Gasteiger partial charge in [0.05, 0.1) is 11.6 Å². The lowest BCUT2D eigenvalue weighted by Crippen LogP contribution is -2.25. The Balaban J connectivity index is 1.82. The van der Waals surface area contributed by atoms with Crippen LogP contribution in [-0.4, -0.2) is 27.7 Å². The van der Waals surface area contributed by atoms with Crippen molar-refractivity contribution in [3.8, 4) is 22.9 Å². The number of hydrogen-bond acceptors (Lipinski definition) is 6. The first-order chi connectivity index (χ1) is 15.0. The molecule has 1 heterocycles. The van der Waals surface area contributed by atoms with Gasteiger partial charge >= 0.3 is 6.18 Å². The van der Waals surface area contributed by atoms with Gasteiger partial charge in [-0.2, -0.15) is 13.2 Å². The summed E-state index contributed by atoms with van der Waals surface area (Å²) in [5.41, 5.74) is 5.09. The van der Waals surface area contributed by atoms with Crippen LogP contribution < -0.4 is 15.8 Å². The van der Waals surface area contributed by atoms with Gasteiger partial charge in [-0.05, 0) is 62.4 Å². The van der Waals surface area contributed by atoms with Crippen molar-refractivity contribution < 1.29 is 27.5 Å². The second-order valence-corrected chi connectivity index (χ2v) is 6.95. The molecule has 1 aromatic heterocycles. The zero-order valence-electron chi connectivity index (χ0n) is 17.1. The summed E-state index contributed by atoms with van der Waals surface area (Å²) in [6.45, 7) is 3.07. The summed E-state index contributed by atoms with van der Waals surface area (Å²) in [5, 5.41) is 2.89. The minimum absolute atomic E-state index is 0.0293. The maximum Gasteiger partial charge on any atom is 0.416 e. The molecule has 3 rings (SSSR count). The van der Waals surface area contributed by atoms with Crippen molar-refractivity contribution in [2.45, 2.75) is 26.1 Å². The molecule has 0 fully saturated rings. The first kappa shape index (κ1) is 22.7. The highest BCUT2D eigenvalue weighted by Crippen LogP contribution is 2.31. The largest absolute Gasteiger partial charge is 0.457 e. The number of nitrogens with two attached hydrogens (primary N) is 1. The number of carbonyl (C=O) groups excluding carboxylic acids is 2. The molecule has 0 unspecified atom stereocenters. The zero-order chi connectivity index (χ0) is 23.5. The van der Waals surface area contributed by atoms with E-state index in [2.05, 4.69) is 15.3 Å². The van der Waals surface area contributed by atoms with E-state index in [0.29, 0.717) is 11.3 Å². The molecule has 0 saturated carbocycles. The molecule has 32 heavy (non-hydrogen) atoms. The van der Waals surface area contributed by atoms with Gasteiger partial charge in [0.1, 0.15) is 23.0 Å². The Kier molecular flexibility index (Phi) is 6.42. The minimum atomic E-state index is -4.42. The van der Waals surface area contributed by atoms with Crippen LogP contribution >= 0.6 is 0 Å². The van der Waals surface area contributed by atoms with E-state index in [1.54, 1.807) is 31.2 Å². The molecule has 0 saturated heterocycles. The van der Waals surface area contributed by atoms with Gasteiger partial charge in [-0.15, -0.1) is 0 Å². The summed E-state index contributed by atoms with van der Waals surface area (Å²) < 4.78 is 43.6. The lowest BCUT2D eigenvalue weighted by atomic mass is 10.2. The van der Waals surface area contributed by atoms with E-state index < -0.39 is 23.7 Å². The second-order valence-electron chi connectivity index (χ2n) is 6.95. The fourth-order valence-corrected chi connectivity index (χ4v) is 2.62. The number of halogens is 3. The average molecular weight is 444 g/mol. The van der Waals surface area contributed by atoms with Gasteiger partial charge in [-0.3, -0.25) is 9.59 Å². The maximum atomic E-state index is 12.7. The summed E-state index contributed by atoms with van der Waals surface area (Å²) in [6.07, 6.45) is -4.42. The van der Waals surface area contributed by atoms with Gasteiger partial charge < -0.3 is 15.8 Å². The predicted molar refractivity (Wildman–Crippen MR) is 111 cm³/mol. The van der Waals surface area contributed by atoms with Gasteiger partial charge in [0, 0.05) is 11.6 Å². The Morgan fingerprint density at radius 3 is 2.06 bits per heavy atom. The topological polar surface area (TPSA) is 107 Å². The fraction of sp³-hybridized carbons (Fsp3) is 0.182. The number of alkyl halides is 3. The molecule has 0 aliphatic carbocycles. The van der Waals surface area contributed by atoms with Gasteiger partial charge in [0.2, 0.25) is 0 Å². The molecule has 166 valence electrons. The number of carbonyl (C=O) groups is 2. The number of nitrogens with one attached hydrogen (secondary N) is 1. The maximum absolute atomic E-state index is 12.7. The third kappa shape index (κ3) is 5.60. The summed E-state index contributed by atoms with van der Waals surface area (Å²) in [7, 11) is 0. The van der Waals surface area contributed by atoms with Gasteiger partial charge in [0.15, 0.2) is 11.6 Å². The quantitative estimate of drug-likeness (QED) is 0.558. The van der Waals surface area contributed by atoms with Crippen molar-refractivity contribution in [2.75, 3.05) is 5.32 Å². The fourth-order valence-electron chi connectivity index (χ4n) is 2.62. The van der Waals surface area contributed by atoms with Crippen LogP contribution in [0.25, 0.3) is 11.4 Å². The zero-order valence-corrected chi connectivity index (χ0v) is 17.1. The third-order valence-corrected chi connectivity index (χ3v) is 4.48. The highest BCUT2D eigenvalue weighted by Gasteiger charge is 2.30. The molecule has 0 bridgehead atoms. The van der Waals surface area contributed by atoms with E-state index in [-0.39, 0.29) is 28.9 Å². The number of anilines is 1. The number of primary amides is 1. The van der Waals surface area contributed by atoms with Crippen molar-refractivity contribution in [1.82, 2.24) is 9.97 Å². The molecular formula is C22H19F3N4O3. The van der Waals surface area contributed by atoms with Gasteiger partial charge in [0.25, 0.3) is 5.91 Å². The monoisotopic (exact) mass is 444 g/mol. The van der Waals surface area contributed by atoms with E-state index in [9.17, 15) is 22.8 Å². The summed E-state index contributed by atoms with van der Waals surface area (Å²) in [6, 6.07) is 11.6. The van der Waals surface area contributed by atoms with E-state index in [1.165, 1.54) is 25.1 Å². The van der Waals surface area contributed by atoms with Crippen molar-refractivity contribution in [3.05, 3.63) is 65.9 Å². The SMILES string of the molecule is CC(=O)[C@H](C)Nc1cc(C(N)=O)nc(-c2ccc(Oc3ccc(C(F)(F)F)cc3)cc2)n1. The lowest BCUT2D eigenvalue weighted by molar-refractivity contribution is -0.137. The third-order valence-electron chi connectivity index (χ3n) is 4.48. The number of rotatable bonds is 7. The Bertz CT molecular complexity index is 1130. The molecule has 0 spiro atoms. The molecule has 0 radical (unpaired) electrons. The van der Waals surface area contributed by atoms with Crippen molar-refractivity contribution >= 4 is 17.5 Å². The highest BCUT2D eigenvalue weighted by molar-refractivity contribution is 5.92. The number of ether oxygens (including phenoxy) is 1. The Morgan fingerprint density at radius 1 is 1.00 bits per heavy atom. The van der Waals surface area contributed by atoms with Crippen molar-refractivity contribution in [3.63, 3.8) is 0 Å². The van der Waals surface area contributed by atoms with Gasteiger partial charge in [-0.1, -0.05) is 0 Å². The number of amides is 1. The highest BCUT2D eigenvalue weighted by atomic mass is 19.4. The van der Waals surface area contributed by atoms with E-state index in [0.717, 1.165) is 12.1 Å². The molecule has 1 amide bonds. The number of benzene rings is 2. The minimum Gasteiger partial charge on any atom is -0.457 e. The molecule has 3 N–H and O–H groups in total. The molecule has 1 atom stereocenters. The summed E-state index contributed by atoms with van der Waals surface area (Å²) >= 11 is 0. The van der Waals surface area contributed by atoms with Crippen LogP contribution in [0.5, 0.6) is 11.5 Å². The second kappa shape index (κ2) is 9.04. The van der Waals surface area contributed by atoms with Crippen LogP contribution in [0.15, 0.2) is 54.6 Å². The average Bonchev–Trinajstić information content (AvgIpc) is 2.73. The Labute approximate surface area is 181 Å². The molecule has 10 heteroatoms. The number of Topliss-reactive ketones (excluding diaryl/α,β-unsaturated/α-hetero) is 1. The van der Waals surface area contributed by atoms with Crippen molar-refractivity contribution in [2.24, 2.45) is 5.73 Å². The Morgan fingerprint density at radius 2 is 1.56 bits per heavy atom. The first-order valence-electron chi connectivity index (χ1n) is 9.44. The Hall–Kier alpha value is -3.95. The van der Waals surface area contributed by atoms with Gasteiger partial charge in [-0.25, -0.2) is 9.97 Å². The number of nitrogens with zero attached hydrogens (tertiary/aromatic N) is 2. The molecule has 3 aromatic rings. The van der Waals surface area contributed by atoms with Crippen LogP contribution in [0.2, 0.25) is 0 Å². The van der Waals surface area contributed by atoms with E-state index in [4.69, 9.17) is 10.5 Å².